The molecule has 0 N–H and O–H groups in total. The molecule has 0 aromatic rings. The van der Waals surface area contributed by atoms with E-state index in [9.17, 15) is 0 Å². The Bertz CT molecular complexity index is 105. The molecular formula is C7H9NY2-2. The van der Waals surface area contributed by atoms with Crippen LogP contribution in [0.2, 0.25) is 0 Å². The minimum Gasteiger partial charge on any atom is -0.292 e. The third-order valence-corrected chi connectivity index (χ3v) is 0.736. The van der Waals surface area contributed by atoms with Gasteiger partial charge in [0.15, 0.2) is 0 Å². The maximum Gasteiger partial charge on any atom is 0 e. The van der Waals surface area contributed by atoms with Gasteiger partial charge in [-0.25, -0.2) is 24.3 Å². The van der Waals surface area contributed by atoms with Gasteiger partial charge < -0.3 is 0 Å². The van der Waals surface area contributed by atoms with E-state index in [4.69, 9.17) is 5.26 Å². The predicted octanol–water partition coefficient (Wildman–Crippen LogP) is 1.88. The van der Waals surface area contributed by atoms with Crippen molar-refractivity contribution in [3.63, 3.8) is 0 Å². The minimum atomic E-state index is 0. The monoisotopic (exact) mass is 285 g/mol. The summed E-state index contributed by atoms with van der Waals surface area (Å²) < 4.78 is 0. The summed E-state index contributed by atoms with van der Waals surface area (Å²) in [6.45, 7) is 3.51. The number of hydrogen-bond donors (Lipinski definition) is 0. The number of hydrogen-bond acceptors (Lipinski definition) is 1. The zero-order valence-electron chi connectivity index (χ0n) is 5.96. The molecule has 0 heterocycles. The molecule has 0 aromatic heterocycles. The Labute approximate surface area is 113 Å². The molecule has 10 heavy (non-hydrogen) atoms. The second kappa shape index (κ2) is 16.6. The molecule has 0 fully saturated rings. The van der Waals surface area contributed by atoms with Gasteiger partial charge in [0.05, 0.1) is 0 Å². The molecule has 0 atom stereocenters. The van der Waals surface area contributed by atoms with Crippen LogP contribution in [0.3, 0.4) is 0 Å². The second-order valence-electron chi connectivity index (χ2n) is 1.38. The van der Waals surface area contributed by atoms with Gasteiger partial charge in [-0.3, -0.25) is 6.42 Å². The van der Waals surface area contributed by atoms with Crippen LogP contribution in [-0.2, 0) is 65.4 Å². The first-order chi connectivity index (χ1) is 3.91. The molecule has 1 nitrogen and oxygen atoms in total. The van der Waals surface area contributed by atoms with Crippen molar-refractivity contribution in [2.45, 2.75) is 12.8 Å². The molecule has 0 saturated heterocycles. The molecule has 0 bridgehead atoms. The van der Waals surface area contributed by atoms with E-state index >= 15 is 0 Å². The Morgan fingerprint density at radius 3 is 2.50 bits per heavy atom. The first-order valence-electron chi connectivity index (χ1n) is 2.57. The largest absolute Gasteiger partial charge is 0.292 e. The van der Waals surface area contributed by atoms with Gasteiger partial charge in [0.25, 0.3) is 0 Å². The molecule has 0 aromatic carbocycles. The van der Waals surface area contributed by atoms with Crippen LogP contribution in [-0.4, -0.2) is 0 Å². The standard InChI is InChI=1S/C7H9N.2Y/c1-2-3-4-5-6-7-8;;/h2-3,6H,1,4-5H2;;/q-2;;/b3-2+;;. The van der Waals surface area contributed by atoms with Gasteiger partial charge in [-0.1, -0.05) is 0 Å². The number of unbranched alkanes of at least 4 members (excludes halogenated alkanes) is 2. The van der Waals surface area contributed by atoms with Crippen LogP contribution < -0.4 is 0 Å². The maximum atomic E-state index is 8.02. The Hall–Kier alpha value is 1.18. The summed E-state index contributed by atoms with van der Waals surface area (Å²) in [7, 11) is 0. The maximum absolute atomic E-state index is 8.02. The van der Waals surface area contributed by atoms with Gasteiger partial charge in [-0.2, -0.15) is 6.42 Å². The van der Waals surface area contributed by atoms with Crippen LogP contribution in [0.4, 0.5) is 0 Å². The third-order valence-electron chi connectivity index (χ3n) is 0.736. The van der Waals surface area contributed by atoms with Gasteiger partial charge in [-0.05, 0) is 0 Å². The second-order valence-corrected chi connectivity index (χ2v) is 1.38. The average Bonchev–Trinajstić information content (AvgIpc) is 1.81. The van der Waals surface area contributed by atoms with E-state index in [-0.39, 0.29) is 65.4 Å². The average molecular weight is 285 g/mol. The summed E-state index contributed by atoms with van der Waals surface area (Å²) >= 11 is 0. The van der Waals surface area contributed by atoms with Crippen LogP contribution in [0.1, 0.15) is 12.8 Å². The fraction of sp³-hybridized carbons (Fsp3) is 0.286. The molecule has 0 aliphatic carbocycles. The van der Waals surface area contributed by atoms with Gasteiger partial charge >= 0.3 is 0 Å². The van der Waals surface area contributed by atoms with Crippen molar-refractivity contribution in [2.75, 3.05) is 0 Å². The van der Waals surface area contributed by atoms with Crippen molar-refractivity contribution < 1.29 is 65.4 Å². The summed E-state index contributed by atoms with van der Waals surface area (Å²) in [4.78, 5) is 0. The number of allylic oxidation sites excluding steroid dienone is 2. The van der Waals surface area contributed by atoms with E-state index in [0.717, 1.165) is 12.8 Å². The zero-order valence-corrected chi connectivity index (χ0v) is 11.6. The predicted molar refractivity (Wildman–Crippen MR) is 33.6 cm³/mol. The van der Waals surface area contributed by atoms with Gasteiger partial charge in [0.1, 0.15) is 0 Å². The van der Waals surface area contributed by atoms with Crippen molar-refractivity contribution >= 4 is 0 Å². The van der Waals surface area contributed by atoms with Crippen molar-refractivity contribution in [3.8, 4) is 6.07 Å². The molecule has 0 spiro atoms. The SMILES string of the molecule is [CH2-]/C=C/CC[CH-]C#N.[Y].[Y]. The first-order valence-corrected chi connectivity index (χ1v) is 2.57. The van der Waals surface area contributed by atoms with Crippen LogP contribution >= 0.6 is 0 Å². The van der Waals surface area contributed by atoms with E-state index in [1.165, 1.54) is 0 Å². The summed E-state index contributed by atoms with van der Waals surface area (Å²) in [5, 5.41) is 8.02. The van der Waals surface area contributed by atoms with Crippen LogP contribution in [0.15, 0.2) is 12.2 Å². The van der Waals surface area contributed by atoms with Gasteiger partial charge in [0.2, 0.25) is 0 Å². The third kappa shape index (κ3) is 16.1. The van der Waals surface area contributed by atoms with Gasteiger partial charge in [-0.15, -0.1) is 12.5 Å². The molecule has 0 unspecified atom stereocenters. The van der Waals surface area contributed by atoms with E-state index in [1.807, 2.05) is 12.1 Å². The quantitative estimate of drug-likeness (QED) is 0.573. The molecule has 0 saturated carbocycles. The Balaban J connectivity index is -0.000000245. The molecule has 50 valence electrons. The van der Waals surface area contributed by atoms with Crippen molar-refractivity contribution in [1.82, 2.24) is 0 Å². The zero-order chi connectivity index (χ0) is 6.24. The summed E-state index contributed by atoms with van der Waals surface area (Å²) in [5.41, 5.74) is 0. The molecule has 3 heteroatoms. The summed E-state index contributed by atoms with van der Waals surface area (Å²) in [6.07, 6.45) is 7.03. The molecular weight excluding hydrogens is 276 g/mol. The number of nitriles is 1. The van der Waals surface area contributed by atoms with Crippen molar-refractivity contribution in [2.24, 2.45) is 0 Å². The fourth-order valence-corrected chi connectivity index (χ4v) is 0.362. The molecule has 2 radical (unpaired) electrons. The van der Waals surface area contributed by atoms with Crippen LogP contribution in [0, 0.1) is 24.7 Å². The Kier molecular flexibility index (Phi) is 28.8. The smallest absolute Gasteiger partial charge is 0 e. The van der Waals surface area contributed by atoms with E-state index < -0.39 is 0 Å². The normalized spacial score (nSPS) is 7.10. The molecule has 0 amide bonds. The molecule has 0 aliphatic rings. The van der Waals surface area contributed by atoms with Crippen molar-refractivity contribution in [3.05, 3.63) is 25.5 Å². The molecule has 0 rings (SSSR count). The fourth-order valence-electron chi connectivity index (χ4n) is 0.362. The molecule has 0 aliphatic heterocycles. The van der Waals surface area contributed by atoms with E-state index in [0.29, 0.717) is 0 Å². The van der Waals surface area contributed by atoms with Crippen LogP contribution in [0.25, 0.3) is 0 Å². The van der Waals surface area contributed by atoms with Crippen LogP contribution in [0.5, 0.6) is 0 Å². The number of rotatable bonds is 3. The summed E-state index contributed by atoms with van der Waals surface area (Å²) in [5.74, 6) is 0. The van der Waals surface area contributed by atoms with E-state index in [2.05, 4.69) is 6.92 Å². The first kappa shape index (κ1) is 17.3. The topological polar surface area (TPSA) is 23.8 Å². The van der Waals surface area contributed by atoms with Gasteiger partial charge in [0, 0.05) is 65.4 Å². The minimum absolute atomic E-state index is 0. The Morgan fingerprint density at radius 1 is 1.50 bits per heavy atom. The Morgan fingerprint density at radius 2 is 2.10 bits per heavy atom. The summed E-state index contributed by atoms with van der Waals surface area (Å²) in [6, 6.07) is 1.95. The van der Waals surface area contributed by atoms with Crippen molar-refractivity contribution in [1.29, 1.82) is 5.26 Å². The van der Waals surface area contributed by atoms with E-state index in [1.54, 1.807) is 12.5 Å². The number of nitrogens with zero attached hydrogens (tertiary/aromatic N) is 1.